The fraction of sp³-hybridized carbons (Fsp3) is 0.267. The van der Waals surface area contributed by atoms with E-state index < -0.39 is 0 Å². The first kappa shape index (κ1) is 11.5. The number of hydrogen-bond donors (Lipinski definition) is 1. The normalized spacial score (nSPS) is 18.1. The van der Waals surface area contributed by atoms with Crippen LogP contribution in [0.4, 0.5) is 0 Å². The molecule has 1 aromatic carbocycles. The van der Waals surface area contributed by atoms with E-state index in [-0.39, 0.29) is 11.9 Å². The molecular formula is C15H15NOS. The van der Waals surface area contributed by atoms with Gasteiger partial charge in [0, 0.05) is 5.38 Å². The van der Waals surface area contributed by atoms with Gasteiger partial charge in [-0.05, 0) is 41.8 Å². The molecule has 0 fully saturated rings. The molecule has 0 radical (unpaired) electrons. The average molecular weight is 257 g/mol. The number of rotatable bonds is 2. The summed E-state index contributed by atoms with van der Waals surface area (Å²) in [7, 11) is 0. The summed E-state index contributed by atoms with van der Waals surface area (Å²) in [6, 6.07) is 10.5. The molecule has 0 unspecified atom stereocenters. The Balaban J connectivity index is 1.80. The van der Waals surface area contributed by atoms with Crippen molar-refractivity contribution < 1.29 is 4.79 Å². The number of aryl methyl sites for hydroxylation is 1. The van der Waals surface area contributed by atoms with Crippen LogP contribution in [-0.2, 0) is 6.42 Å². The van der Waals surface area contributed by atoms with Crippen molar-refractivity contribution in [2.45, 2.75) is 25.3 Å². The van der Waals surface area contributed by atoms with Gasteiger partial charge in [-0.25, -0.2) is 0 Å². The molecule has 0 aliphatic heterocycles. The summed E-state index contributed by atoms with van der Waals surface area (Å²) in [6.07, 6.45) is 3.31. The lowest BCUT2D eigenvalue weighted by molar-refractivity contribution is 0.0933. The fourth-order valence-electron chi connectivity index (χ4n) is 2.54. The molecule has 3 rings (SSSR count). The predicted octanol–water partition coefficient (Wildman–Crippen LogP) is 3.56. The van der Waals surface area contributed by atoms with Gasteiger partial charge in [0.05, 0.1) is 11.6 Å². The van der Waals surface area contributed by atoms with Crippen molar-refractivity contribution in [1.82, 2.24) is 5.32 Å². The molecule has 0 saturated heterocycles. The van der Waals surface area contributed by atoms with Crippen molar-refractivity contribution in [2.24, 2.45) is 0 Å². The zero-order valence-corrected chi connectivity index (χ0v) is 10.9. The highest BCUT2D eigenvalue weighted by Crippen LogP contribution is 2.29. The molecule has 1 aliphatic carbocycles. The zero-order valence-electron chi connectivity index (χ0n) is 10.1. The van der Waals surface area contributed by atoms with Crippen molar-refractivity contribution >= 4 is 17.2 Å². The summed E-state index contributed by atoms with van der Waals surface area (Å²) in [4.78, 5) is 12.1. The standard InChI is InChI=1S/C15H15NOS/c17-15(12-8-9-18-10-12)16-14-7-3-5-11-4-1-2-6-13(11)14/h1-2,4,6,8-10,14H,3,5,7H2,(H,16,17)/t14-/m1/s1. The molecule has 1 aromatic heterocycles. The Morgan fingerprint density at radius 2 is 2.17 bits per heavy atom. The minimum absolute atomic E-state index is 0.0398. The largest absolute Gasteiger partial charge is 0.345 e. The quantitative estimate of drug-likeness (QED) is 0.875. The summed E-state index contributed by atoms with van der Waals surface area (Å²) in [5.74, 6) is 0.0398. The van der Waals surface area contributed by atoms with Crippen molar-refractivity contribution in [3.05, 3.63) is 57.8 Å². The average Bonchev–Trinajstić information content (AvgIpc) is 2.93. The molecule has 1 heterocycles. The zero-order chi connectivity index (χ0) is 12.4. The Hall–Kier alpha value is -1.61. The number of hydrogen-bond acceptors (Lipinski definition) is 2. The topological polar surface area (TPSA) is 29.1 Å². The summed E-state index contributed by atoms with van der Waals surface area (Å²) >= 11 is 1.55. The third kappa shape index (κ3) is 2.18. The third-order valence-corrected chi connectivity index (χ3v) is 4.14. The number of thiophene rings is 1. The Labute approximate surface area is 111 Å². The lowest BCUT2D eigenvalue weighted by Crippen LogP contribution is -2.30. The van der Waals surface area contributed by atoms with Crippen molar-refractivity contribution in [2.75, 3.05) is 0 Å². The Bertz CT molecular complexity index is 547. The van der Waals surface area contributed by atoms with Gasteiger partial charge in [-0.1, -0.05) is 24.3 Å². The van der Waals surface area contributed by atoms with Crippen LogP contribution in [0.2, 0.25) is 0 Å². The van der Waals surface area contributed by atoms with Gasteiger partial charge in [-0.15, -0.1) is 0 Å². The first-order chi connectivity index (χ1) is 8.84. The van der Waals surface area contributed by atoms with Gasteiger partial charge in [0.15, 0.2) is 0 Å². The van der Waals surface area contributed by atoms with Crippen molar-refractivity contribution in [3.63, 3.8) is 0 Å². The Kier molecular flexibility index (Phi) is 3.15. The van der Waals surface area contributed by atoms with Gasteiger partial charge in [0.2, 0.25) is 0 Å². The summed E-state index contributed by atoms with van der Waals surface area (Å²) in [5, 5.41) is 6.97. The predicted molar refractivity (Wildman–Crippen MR) is 73.9 cm³/mol. The molecule has 0 saturated carbocycles. The van der Waals surface area contributed by atoms with Crippen LogP contribution in [0, 0.1) is 0 Å². The summed E-state index contributed by atoms with van der Waals surface area (Å²) < 4.78 is 0. The van der Waals surface area contributed by atoms with Gasteiger partial charge in [0.1, 0.15) is 0 Å². The molecule has 2 aromatic rings. The van der Waals surface area contributed by atoms with E-state index in [1.165, 1.54) is 11.1 Å². The highest BCUT2D eigenvalue weighted by atomic mass is 32.1. The van der Waals surface area contributed by atoms with Crippen LogP contribution in [0.15, 0.2) is 41.1 Å². The third-order valence-electron chi connectivity index (χ3n) is 3.46. The molecule has 18 heavy (non-hydrogen) atoms. The molecule has 2 nitrogen and oxygen atoms in total. The van der Waals surface area contributed by atoms with Crippen LogP contribution < -0.4 is 5.32 Å². The molecule has 1 atom stereocenters. The van der Waals surface area contributed by atoms with E-state index in [1.54, 1.807) is 11.3 Å². The van der Waals surface area contributed by atoms with Gasteiger partial charge >= 0.3 is 0 Å². The maximum atomic E-state index is 12.1. The molecule has 1 amide bonds. The second-order valence-corrected chi connectivity index (χ2v) is 5.41. The number of amides is 1. The lowest BCUT2D eigenvalue weighted by Gasteiger charge is -2.26. The monoisotopic (exact) mass is 257 g/mol. The highest BCUT2D eigenvalue weighted by molar-refractivity contribution is 7.08. The first-order valence-electron chi connectivity index (χ1n) is 6.25. The Morgan fingerprint density at radius 3 is 3.00 bits per heavy atom. The van der Waals surface area contributed by atoms with Gasteiger partial charge in [-0.2, -0.15) is 11.3 Å². The molecule has 3 heteroatoms. The van der Waals surface area contributed by atoms with Gasteiger partial charge in [0.25, 0.3) is 5.91 Å². The summed E-state index contributed by atoms with van der Waals surface area (Å²) in [5.41, 5.74) is 3.43. The first-order valence-corrected chi connectivity index (χ1v) is 7.20. The fourth-order valence-corrected chi connectivity index (χ4v) is 3.18. The smallest absolute Gasteiger partial charge is 0.252 e. The number of carbonyl (C=O) groups is 1. The van der Waals surface area contributed by atoms with Crippen LogP contribution in [0.25, 0.3) is 0 Å². The van der Waals surface area contributed by atoms with Crippen molar-refractivity contribution in [3.8, 4) is 0 Å². The molecule has 0 bridgehead atoms. The highest BCUT2D eigenvalue weighted by Gasteiger charge is 2.21. The van der Waals surface area contributed by atoms with Crippen LogP contribution in [0.3, 0.4) is 0 Å². The van der Waals surface area contributed by atoms with E-state index in [4.69, 9.17) is 0 Å². The maximum absolute atomic E-state index is 12.1. The lowest BCUT2D eigenvalue weighted by atomic mass is 9.87. The molecule has 0 spiro atoms. The molecule has 92 valence electrons. The molecule has 1 aliphatic rings. The van der Waals surface area contributed by atoms with E-state index >= 15 is 0 Å². The van der Waals surface area contributed by atoms with E-state index in [0.717, 1.165) is 24.8 Å². The van der Waals surface area contributed by atoms with Crippen LogP contribution in [-0.4, -0.2) is 5.91 Å². The second-order valence-electron chi connectivity index (χ2n) is 4.63. The minimum atomic E-state index is 0.0398. The number of carbonyl (C=O) groups excluding carboxylic acids is 1. The Morgan fingerprint density at radius 1 is 1.28 bits per heavy atom. The molecule has 1 N–H and O–H groups in total. The second kappa shape index (κ2) is 4.94. The number of benzene rings is 1. The van der Waals surface area contributed by atoms with Gasteiger partial charge in [-0.3, -0.25) is 4.79 Å². The van der Waals surface area contributed by atoms with Crippen LogP contribution >= 0.6 is 11.3 Å². The summed E-state index contributed by atoms with van der Waals surface area (Å²) in [6.45, 7) is 0. The van der Waals surface area contributed by atoms with Gasteiger partial charge < -0.3 is 5.32 Å². The van der Waals surface area contributed by atoms with E-state index in [0.29, 0.717) is 0 Å². The van der Waals surface area contributed by atoms with E-state index in [1.807, 2.05) is 22.9 Å². The van der Waals surface area contributed by atoms with E-state index in [2.05, 4.69) is 23.5 Å². The minimum Gasteiger partial charge on any atom is -0.345 e. The SMILES string of the molecule is O=C(N[C@@H]1CCCc2ccccc21)c1ccsc1. The number of fused-ring (bicyclic) bond motifs is 1. The van der Waals surface area contributed by atoms with Crippen LogP contribution in [0.1, 0.15) is 40.4 Å². The maximum Gasteiger partial charge on any atom is 0.252 e. The van der Waals surface area contributed by atoms with Crippen molar-refractivity contribution in [1.29, 1.82) is 0 Å². The molecular weight excluding hydrogens is 242 g/mol. The van der Waals surface area contributed by atoms with E-state index in [9.17, 15) is 4.79 Å². The number of nitrogens with one attached hydrogen (secondary N) is 1. The van der Waals surface area contributed by atoms with Crippen LogP contribution in [0.5, 0.6) is 0 Å².